The van der Waals surface area contributed by atoms with E-state index in [0.717, 1.165) is 31.2 Å². The summed E-state index contributed by atoms with van der Waals surface area (Å²) < 4.78 is 0. The molecule has 6 heteroatoms. The van der Waals surface area contributed by atoms with Crippen LogP contribution in [0, 0.1) is 0 Å². The van der Waals surface area contributed by atoms with Gasteiger partial charge in [0.2, 0.25) is 5.91 Å². The molecule has 0 aromatic carbocycles. The first-order valence-corrected chi connectivity index (χ1v) is 7.71. The molecule has 0 aliphatic heterocycles. The van der Waals surface area contributed by atoms with Crippen molar-refractivity contribution >= 4 is 28.2 Å². The number of rotatable bonds is 3. The van der Waals surface area contributed by atoms with Crippen LogP contribution in [0.15, 0.2) is 0 Å². The molecular weight excluding hydrogens is 274 g/mol. The maximum absolute atomic E-state index is 12.4. The van der Waals surface area contributed by atoms with Crippen molar-refractivity contribution < 1.29 is 9.59 Å². The molecule has 110 valence electrons. The van der Waals surface area contributed by atoms with Crippen LogP contribution in [0.4, 0.5) is 5.00 Å². The first-order valence-electron chi connectivity index (χ1n) is 6.89. The number of fused-ring (bicyclic) bond motifs is 1. The Kier molecular flexibility index (Phi) is 4.77. The van der Waals surface area contributed by atoms with Crippen LogP contribution in [0.25, 0.3) is 0 Å². The molecule has 2 rings (SSSR count). The summed E-state index contributed by atoms with van der Waals surface area (Å²) in [5, 5.41) is 5.12. The van der Waals surface area contributed by atoms with E-state index in [4.69, 9.17) is 0 Å². The lowest BCUT2D eigenvalue weighted by Crippen LogP contribution is -2.36. The van der Waals surface area contributed by atoms with Gasteiger partial charge in [0.1, 0.15) is 5.00 Å². The number of anilines is 1. The highest BCUT2D eigenvalue weighted by molar-refractivity contribution is 7.17. The van der Waals surface area contributed by atoms with E-state index in [1.165, 1.54) is 18.2 Å². The minimum Gasteiger partial charge on any atom is -0.317 e. The Morgan fingerprint density at radius 2 is 1.85 bits per heavy atom. The van der Waals surface area contributed by atoms with E-state index in [0.29, 0.717) is 10.6 Å². The zero-order valence-corrected chi connectivity index (χ0v) is 13.0. The van der Waals surface area contributed by atoms with Crippen molar-refractivity contribution in [2.75, 3.05) is 19.4 Å². The van der Waals surface area contributed by atoms with Crippen molar-refractivity contribution in [3.63, 3.8) is 0 Å². The fourth-order valence-electron chi connectivity index (χ4n) is 2.49. The lowest BCUT2D eigenvalue weighted by Gasteiger charge is -2.13. The number of aryl methyl sites for hydroxylation is 1. The molecule has 5 nitrogen and oxygen atoms in total. The minimum atomic E-state index is -0.141. The third-order valence-corrected chi connectivity index (χ3v) is 4.47. The number of carbonyl (C=O) groups is 2. The van der Waals surface area contributed by atoms with Crippen LogP contribution in [-0.2, 0) is 17.6 Å². The molecule has 0 fully saturated rings. The van der Waals surface area contributed by atoms with Gasteiger partial charge in [0.05, 0.1) is 5.56 Å². The van der Waals surface area contributed by atoms with Gasteiger partial charge in [0, 0.05) is 25.9 Å². The number of hydrogen-bond acceptors (Lipinski definition) is 4. The second-order valence-electron chi connectivity index (χ2n) is 5.29. The van der Waals surface area contributed by atoms with Gasteiger partial charge in [-0.1, -0.05) is 6.42 Å². The number of hydrogen-bond donors (Lipinski definition) is 2. The van der Waals surface area contributed by atoms with Crippen molar-refractivity contribution in [3.05, 3.63) is 16.0 Å². The van der Waals surface area contributed by atoms with Crippen LogP contribution in [0.3, 0.4) is 0 Å². The predicted molar refractivity (Wildman–Crippen MR) is 81.0 cm³/mol. The Morgan fingerprint density at radius 1 is 1.15 bits per heavy atom. The molecular formula is C14H21N3O2S. The smallest absolute Gasteiger partial charge is 0.268 e. The molecule has 1 heterocycles. The van der Waals surface area contributed by atoms with Gasteiger partial charge < -0.3 is 5.32 Å². The van der Waals surface area contributed by atoms with Gasteiger partial charge in [-0.15, -0.1) is 11.3 Å². The zero-order chi connectivity index (χ0) is 14.7. The van der Waals surface area contributed by atoms with E-state index in [9.17, 15) is 9.59 Å². The molecule has 1 aromatic rings. The van der Waals surface area contributed by atoms with Crippen LogP contribution in [0.5, 0.6) is 0 Å². The van der Waals surface area contributed by atoms with Crippen LogP contribution in [0.1, 0.15) is 47.0 Å². The Labute approximate surface area is 123 Å². The van der Waals surface area contributed by atoms with Crippen molar-refractivity contribution in [1.29, 1.82) is 0 Å². The molecule has 0 unspecified atom stereocenters. The fraction of sp³-hybridized carbons (Fsp3) is 0.571. The highest BCUT2D eigenvalue weighted by atomic mass is 32.1. The molecule has 0 spiro atoms. The Morgan fingerprint density at radius 3 is 2.50 bits per heavy atom. The summed E-state index contributed by atoms with van der Waals surface area (Å²) in [5.74, 6) is -0.279. The van der Waals surface area contributed by atoms with E-state index >= 15 is 0 Å². The van der Waals surface area contributed by atoms with Crippen molar-refractivity contribution in [2.45, 2.75) is 39.0 Å². The zero-order valence-electron chi connectivity index (χ0n) is 12.2. The number of nitrogens with one attached hydrogen (secondary N) is 2. The number of thiophene rings is 1. The van der Waals surface area contributed by atoms with Crippen molar-refractivity contribution in [3.8, 4) is 0 Å². The normalized spacial score (nSPS) is 14.6. The van der Waals surface area contributed by atoms with E-state index in [1.54, 1.807) is 30.4 Å². The lowest BCUT2D eigenvalue weighted by molar-refractivity contribution is -0.114. The molecule has 2 amide bonds. The number of hydrazine groups is 1. The minimum absolute atomic E-state index is 0.139. The Balaban J connectivity index is 2.41. The SMILES string of the molecule is CC(=O)Nc1sc2c(c1C(=O)NN(C)C)CCCCC2. The third kappa shape index (κ3) is 3.37. The summed E-state index contributed by atoms with van der Waals surface area (Å²) in [6, 6.07) is 0. The highest BCUT2D eigenvalue weighted by Gasteiger charge is 2.25. The van der Waals surface area contributed by atoms with E-state index < -0.39 is 0 Å². The monoisotopic (exact) mass is 295 g/mol. The van der Waals surface area contributed by atoms with Crippen LogP contribution in [0.2, 0.25) is 0 Å². The second kappa shape index (κ2) is 6.37. The van der Waals surface area contributed by atoms with E-state index in [2.05, 4.69) is 10.7 Å². The molecule has 2 N–H and O–H groups in total. The summed E-state index contributed by atoms with van der Waals surface area (Å²) in [5.41, 5.74) is 4.55. The standard InChI is InChI=1S/C14H21N3O2S/c1-9(18)15-14-12(13(19)16-17(2)3)10-7-5-4-6-8-11(10)20-14/h4-8H2,1-3H3,(H,15,18)(H,16,19). The van der Waals surface area contributed by atoms with Gasteiger partial charge in [-0.2, -0.15) is 0 Å². The lowest BCUT2D eigenvalue weighted by atomic mass is 10.1. The van der Waals surface area contributed by atoms with E-state index in [1.807, 2.05) is 0 Å². The average molecular weight is 295 g/mol. The summed E-state index contributed by atoms with van der Waals surface area (Å²) in [4.78, 5) is 25.0. The molecule has 0 saturated carbocycles. The summed E-state index contributed by atoms with van der Waals surface area (Å²) in [7, 11) is 3.56. The summed E-state index contributed by atoms with van der Waals surface area (Å²) >= 11 is 1.55. The summed E-state index contributed by atoms with van der Waals surface area (Å²) in [6.07, 6.45) is 5.38. The van der Waals surface area contributed by atoms with Crippen LogP contribution < -0.4 is 10.7 Å². The third-order valence-electron chi connectivity index (χ3n) is 3.26. The summed E-state index contributed by atoms with van der Waals surface area (Å²) in [6.45, 7) is 1.47. The van der Waals surface area contributed by atoms with Crippen LogP contribution >= 0.6 is 11.3 Å². The van der Waals surface area contributed by atoms with E-state index in [-0.39, 0.29) is 11.8 Å². The molecule has 1 aromatic heterocycles. The van der Waals surface area contributed by atoms with Gasteiger partial charge in [-0.05, 0) is 31.2 Å². The quantitative estimate of drug-likeness (QED) is 0.664. The maximum atomic E-state index is 12.4. The van der Waals surface area contributed by atoms with Gasteiger partial charge in [-0.3, -0.25) is 15.0 Å². The van der Waals surface area contributed by atoms with Gasteiger partial charge >= 0.3 is 0 Å². The average Bonchev–Trinajstić information content (AvgIpc) is 2.51. The highest BCUT2D eigenvalue weighted by Crippen LogP contribution is 2.37. The topological polar surface area (TPSA) is 61.4 Å². The van der Waals surface area contributed by atoms with Gasteiger partial charge in [-0.25, -0.2) is 5.01 Å². The van der Waals surface area contributed by atoms with Crippen molar-refractivity contribution in [1.82, 2.24) is 10.4 Å². The molecule has 0 saturated heterocycles. The van der Waals surface area contributed by atoms with Gasteiger partial charge in [0.25, 0.3) is 5.91 Å². The molecule has 0 atom stereocenters. The molecule has 1 aliphatic carbocycles. The molecule has 0 radical (unpaired) electrons. The van der Waals surface area contributed by atoms with Crippen molar-refractivity contribution in [2.24, 2.45) is 0 Å². The van der Waals surface area contributed by atoms with Crippen LogP contribution in [-0.4, -0.2) is 30.9 Å². The molecule has 1 aliphatic rings. The largest absolute Gasteiger partial charge is 0.317 e. The predicted octanol–water partition coefficient (Wildman–Crippen LogP) is 2.18. The number of amides is 2. The fourth-order valence-corrected chi connectivity index (χ4v) is 3.82. The molecule has 0 bridgehead atoms. The second-order valence-corrected chi connectivity index (χ2v) is 6.39. The Bertz CT molecular complexity index is 523. The Hall–Kier alpha value is -1.40. The maximum Gasteiger partial charge on any atom is 0.268 e. The van der Waals surface area contributed by atoms with Gasteiger partial charge in [0.15, 0.2) is 0 Å². The number of nitrogens with zero attached hydrogens (tertiary/aromatic N) is 1. The number of carbonyl (C=O) groups excluding carboxylic acids is 2. The first-order chi connectivity index (χ1) is 9.49. The first kappa shape index (κ1) is 15.0. The molecule has 20 heavy (non-hydrogen) atoms.